The fourth-order valence-corrected chi connectivity index (χ4v) is 1.97. The number of carboxylic acid groups (broad SMARTS) is 1. The van der Waals surface area contributed by atoms with Gasteiger partial charge in [-0.05, 0) is 29.8 Å². The average molecular weight is 315 g/mol. The molecule has 23 heavy (non-hydrogen) atoms. The molecule has 0 aliphatic heterocycles. The Kier molecular flexibility index (Phi) is 5.57. The van der Waals surface area contributed by atoms with Gasteiger partial charge in [0.25, 0.3) is 5.91 Å². The van der Waals surface area contributed by atoms with E-state index in [4.69, 9.17) is 4.74 Å². The molecule has 0 aliphatic carbocycles. The number of amides is 1. The summed E-state index contributed by atoms with van der Waals surface area (Å²) in [4.78, 5) is 23.1. The number of carbonyl (C=O) groups excluding carboxylic acids is 1. The summed E-state index contributed by atoms with van der Waals surface area (Å²) < 4.78 is 5.28. The number of aromatic hydroxyl groups is 1. The van der Waals surface area contributed by atoms with Crippen LogP contribution < -0.4 is 10.1 Å². The zero-order valence-corrected chi connectivity index (χ0v) is 12.3. The van der Waals surface area contributed by atoms with Gasteiger partial charge in [-0.15, -0.1) is 0 Å². The number of rotatable bonds is 7. The van der Waals surface area contributed by atoms with Crippen LogP contribution in [0.1, 0.15) is 5.56 Å². The molecule has 3 N–H and O–H groups in total. The van der Waals surface area contributed by atoms with Gasteiger partial charge in [0.05, 0.1) is 0 Å². The lowest BCUT2D eigenvalue weighted by molar-refractivity contribution is -0.142. The second-order valence-electron chi connectivity index (χ2n) is 4.93. The second kappa shape index (κ2) is 7.84. The van der Waals surface area contributed by atoms with Crippen molar-refractivity contribution in [2.75, 3.05) is 6.61 Å². The minimum atomic E-state index is -1.13. The summed E-state index contributed by atoms with van der Waals surface area (Å²) in [6, 6.07) is 13.9. The van der Waals surface area contributed by atoms with Crippen LogP contribution in [0.3, 0.4) is 0 Å². The molecule has 0 heterocycles. The van der Waals surface area contributed by atoms with E-state index in [0.717, 1.165) is 0 Å². The second-order valence-corrected chi connectivity index (χ2v) is 4.93. The van der Waals surface area contributed by atoms with Crippen molar-refractivity contribution in [1.82, 2.24) is 5.32 Å². The van der Waals surface area contributed by atoms with E-state index in [0.29, 0.717) is 11.3 Å². The summed E-state index contributed by atoms with van der Waals surface area (Å²) in [5.74, 6) is -1.01. The molecule has 2 rings (SSSR count). The zero-order valence-electron chi connectivity index (χ0n) is 12.3. The highest BCUT2D eigenvalue weighted by molar-refractivity contribution is 5.84. The summed E-state index contributed by atoms with van der Waals surface area (Å²) in [6.07, 6.45) is 0.118. The number of carbonyl (C=O) groups is 2. The molecule has 2 aromatic carbocycles. The first kappa shape index (κ1) is 16.4. The Hall–Kier alpha value is -3.02. The number of ether oxygens (including phenoxy) is 1. The van der Waals surface area contributed by atoms with Crippen LogP contribution in [-0.2, 0) is 16.0 Å². The topological polar surface area (TPSA) is 95.9 Å². The smallest absolute Gasteiger partial charge is 0.326 e. The molecule has 1 amide bonds. The van der Waals surface area contributed by atoms with Crippen molar-refractivity contribution in [2.45, 2.75) is 12.5 Å². The van der Waals surface area contributed by atoms with Crippen LogP contribution in [0.2, 0.25) is 0 Å². The maximum Gasteiger partial charge on any atom is 0.326 e. The molecule has 0 aromatic heterocycles. The standard InChI is InChI=1S/C17H17NO5/c19-13-8-6-12(7-9-13)10-15(17(21)22)18-16(20)11-23-14-4-2-1-3-5-14/h1-9,15,19H,10-11H2,(H,18,20)(H,21,22)/t15-/m1/s1. The predicted octanol–water partition coefficient (Wildman–Crippen LogP) is 1.58. The highest BCUT2D eigenvalue weighted by Gasteiger charge is 2.20. The summed E-state index contributed by atoms with van der Waals surface area (Å²) in [6.45, 7) is -0.261. The van der Waals surface area contributed by atoms with E-state index in [2.05, 4.69) is 5.32 Å². The third kappa shape index (κ3) is 5.35. The van der Waals surface area contributed by atoms with Gasteiger partial charge in [0.1, 0.15) is 17.5 Å². The van der Waals surface area contributed by atoms with Crippen LogP contribution in [0, 0.1) is 0 Å². The summed E-state index contributed by atoms with van der Waals surface area (Å²) in [5, 5.41) is 20.9. The van der Waals surface area contributed by atoms with Crippen molar-refractivity contribution in [3.8, 4) is 11.5 Å². The monoisotopic (exact) mass is 315 g/mol. The molecule has 6 heteroatoms. The molecule has 0 saturated heterocycles. The Bertz CT molecular complexity index is 654. The number of phenolic OH excluding ortho intramolecular Hbond substituents is 1. The molecular weight excluding hydrogens is 298 g/mol. The first-order chi connectivity index (χ1) is 11.0. The van der Waals surface area contributed by atoms with Gasteiger partial charge in [0.15, 0.2) is 6.61 Å². The molecule has 0 radical (unpaired) electrons. The van der Waals surface area contributed by atoms with Crippen molar-refractivity contribution in [2.24, 2.45) is 0 Å². The van der Waals surface area contributed by atoms with Crippen molar-refractivity contribution in [3.63, 3.8) is 0 Å². The van der Waals surface area contributed by atoms with Crippen LogP contribution in [0.25, 0.3) is 0 Å². The predicted molar refractivity (Wildman–Crippen MR) is 83.3 cm³/mol. The van der Waals surface area contributed by atoms with Gasteiger partial charge in [-0.1, -0.05) is 30.3 Å². The van der Waals surface area contributed by atoms with Crippen LogP contribution in [0.4, 0.5) is 0 Å². The minimum absolute atomic E-state index is 0.0981. The highest BCUT2D eigenvalue weighted by atomic mass is 16.5. The highest BCUT2D eigenvalue weighted by Crippen LogP contribution is 2.12. The van der Waals surface area contributed by atoms with Crippen LogP contribution in [0.15, 0.2) is 54.6 Å². The van der Waals surface area contributed by atoms with Crippen molar-refractivity contribution < 1.29 is 24.5 Å². The minimum Gasteiger partial charge on any atom is -0.508 e. The van der Waals surface area contributed by atoms with Gasteiger partial charge < -0.3 is 20.3 Å². The van der Waals surface area contributed by atoms with E-state index in [-0.39, 0.29) is 18.8 Å². The fraction of sp³-hybridized carbons (Fsp3) is 0.176. The van der Waals surface area contributed by atoms with Gasteiger partial charge in [0.2, 0.25) is 0 Å². The van der Waals surface area contributed by atoms with E-state index in [1.54, 1.807) is 36.4 Å². The Morgan fingerprint density at radius 2 is 1.70 bits per heavy atom. The number of phenols is 1. The Morgan fingerprint density at radius 3 is 2.30 bits per heavy atom. The van der Waals surface area contributed by atoms with Gasteiger partial charge in [-0.3, -0.25) is 4.79 Å². The molecular formula is C17H17NO5. The summed E-state index contributed by atoms with van der Waals surface area (Å²) in [7, 11) is 0. The molecule has 0 unspecified atom stereocenters. The van der Waals surface area contributed by atoms with Crippen LogP contribution in [-0.4, -0.2) is 34.7 Å². The zero-order chi connectivity index (χ0) is 16.7. The number of carboxylic acids is 1. The SMILES string of the molecule is O=C(COc1ccccc1)N[C@H](Cc1ccc(O)cc1)C(=O)O. The van der Waals surface area contributed by atoms with E-state index >= 15 is 0 Å². The molecule has 2 aromatic rings. The third-order valence-electron chi connectivity index (χ3n) is 3.12. The van der Waals surface area contributed by atoms with Gasteiger partial charge in [-0.2, -0.15) is 0 Å². The van der Waals surface area contributed by atoms with E-state index in [1.807, 2.05) is 6.07 Å². The van der Waals surface area contributed by atoms with Crippen molar-refractivity contribution >= 4 is 11.9 Å². The number of hydrogen-bond acceptors (Lipinski definition) is 4. The number of benzene rings is 2. The molecule has 1 atom stereocenters. The average Bonchev–Trinajstić information content (AvgIpc) is 2.55. The molecule has 120 valence electrons. The lowest BCUT2D eigenvalue weighted by Crippen LogP contribution is -2.44. The number of nitrogens with one attached hydrogen (secondary N) is 1. The normalized spacial score (nSPS) is 11.5. The maximum atomic E-state index is 11.8. The molecule has 0 saturated carbocycles. The molecule has 0 aliphatic rings. The molecule has 0 fully saturated rings. The van der Waals surface area contributed by atoms with Crippen molar-refractivity contribution in [1.29, 1.82) is 0 Å². The van der Waals surface area contributed by atoms with Gasteiger partial charge in [-0.25, -0.2) is 4.79 Å². The lowest BCUT2D eigenvalue weighted by atomic mass is 10.1. The molecule has 0 bridgehead atoms. The summed E-state index contributed by atoms with van der Waals surface area (Å²) >= 11 is 0. The molecule has 6 nitrogen and oxygen atoms in total. The number of hydrogen-bond donors (Lipinski definition) is 3. The van der Waals surface area contributed by atoms with E-state index < -0.39 is 17.9 Å². The van der Waals surface area contributed by atoms with E-state index in [1.165, 1.54) is 12.1 Å². The van der Waals surface area contributed by atoms with Crippen molar-refractivity contribution in [3.05, 3.63) is 60.2 Å². The first-order valence-electron chi connectivity index (χ1n) is 7.02. The Morgan fingerprint density at radius 1 is 1.04 bits per heavy atom. The van der Waals surface area contributed by atoms with E-state index in [9.17, 15) is 19.8 Å². The molecule has 0 spiro atoms. The third-order valence-corrected chi connectivity index (χ3v) is 3.12. The number of aliphatic carboxylic acids is 1. The number of para-hydroxylation sites is 1. The fourth-order valence-electron chi connectivity index (χ4n) is 1.97. The quantitative estimate of drug-likeness (QED) is 0.721. The van der Waals surface area contributed by atoms with Crippen LogP contribution in [0.5, 0.6) is 11.5 Å². The van der Waals surface area contributed by atoms with Gasteiger partial charge in [0, 0.05) is 6.42 Å². The largest absolute Gasteiger partial charge is 0.508 e. The Balaban J connectivity index is 1.89. The van der Waals surface area contributed by atoms with Gasteiger partial charge >= 0.3 is 5.97 Å². The first-order valence-corrected chi connectivity index (χ1v) is 7.02. The summed E-state index contributed by atoms with van der Waals surface area (Å²) in [5.41, 5.74) is 0.694. The maximum absolute atomic E-state index is 11.8. The van der Waals surface area contributed by atoms with Crippen LogP contribution >= 0.6 is 0 Å². The lowest BCUT2D eigenvalue weighted by Gasteiger charge is -2.15. The Labute approximate surface area is 133 Å².